The molecule has 1 aliphatic rings. The lowest BCUT2D eigenvalue weighted by Gasteiger charge is -2.32. The second-order valence-electron chi connectivity index (χ2n) is 4.79. The van der Waals surface area contributed by atoms with Gasteiger partial charge in [0, 0.05) is 13.1 Å². The van der Waals surface area contributed by atoms with Crippen LogP contribution in [-0.2, 0) is 7.05 Å². The van der Waals surface area contributed by atoms with Crippen LogP contribution in [0.1, 0.15) is 31.9 Å². The van der Waals surface area contributed by atoms with Gasteiger partial charge in [-0.1, -0.05) is 6.42 Å². The molecule has 6 heteroatoms. The number of rotatable bonds is 4. The van der Waals surface area contributed by atoms with Crippen LogP contribution in [0.3, 0.4) is 0 Å². The lowest BCUT2D eigenvalue weighted by molar-refractivity contribution is -0.384. The van der Waals surface area contributed by atoms with Gasteiger partial charge in [0.15, 0.2) is 0 Å². The molecule has 2 rings (SSSR count). The van der Waals surface area contributed by atoms with Gasteiger partial charge in [-0.3, -0.25) is 10.1 Å². The number of nitrogens with zero attached hydrogens (tertiary/aromatic N) is 3. The first-order valence-electron chi connectivity index (χ1n) is 5.95. The van der Waals surface area contributed by atoms with Crippen LogP contribution in [-0.4, -0.2) is 20.7 Å². The molecule has 1 fully saturated rings. The second-order valence-corrected chi connectivity index (χ2v) is 4.79. The second kappa shape index (κ2) is 4.35. The molecule has 6 nitrogen and oxygen atoms in total. The zero-order valence-electron chi connectivity index (χ0n) is 10.4. The van der Waals surface area contributed by atoms with E-state index < -0.39 is 0 Å². The summed E-state index contributed by atoms with van der Waals surface area (Å²) in [7, 11) is 1.73. The first-order chi connectivity index (χ1) is 8.00. The van der Waals surface area contributed by atoms with E-state index >= 15 is 0 Å². The van der Waals surface area contributed by atoms with Crippen molar-refractivity contribution in [3.8, 4) is 0 Å². The Morgan fingerprint density at radius 2 is 2.24 bits per heavy atom. The van der Waals surface area contributed by atoms with Crippen LogP contribution in [0.4, 0.5) is 11.5 Å². The van der Waals surface area contributed by atoms with Gasteiger partial charge >= 0.3 is 5.69 Å². The molecule has 0 spiro atoms. The summed E-state index contributed by atoms with van der Waals surface area (Å²) in [6, 6.07) is 0.261. The first kappa shape index (κ1) is 11.9. The molecule has 1 atom stereocenters. The SMILES string of the molecule is Cc1nn(C)c(NC(C)C2CCC2)c1[N+](=O)[O-]. The van der Waals surface area contributed by atoms with E-state index in [-0.39, 0.29) is 16.7 Å². The minimum absolute atomic E-state index is 0.0960. The van der Waals surface area contributed by atoms with E-state index in [4.69, 9.17) is 0 Å². The smallest absolute Gasteiger partial charge is 0.333 e. The molecule has 1 heterocycles. The predicted molar refractivity (Wildman–Crippen MR) is 65.0 cm³/mol. The highest BCUT2D eigenvalue weighted by Gasteiger charge is 2.29. The van der Waals surface area contributed by atoms with Gasteiger partial charge in [0.05, 0.1) is 4.92 Å². The van der Waals surface area contributed by atoms with Crippen LogP contribution in [0.2, 0.25) is 0 Å². The van der Waals surface area contributed by atoms with Crippen molar-refractivity contribution >= 4 is 11.5 Å². The number of aromatic nitrogens is 2. The summed E-state index contributed by atoms with van der Waals surface area (Å²) in [6.45, 7) is 3.74. The third kappa shape index (κ3) is 2.11. The molecule has 1 aliphatic carbocycles. The molecular formula is C11H18N4O2. The van der Waals surface area contributed by atoms with Crippen LogP contribution in [0.25, 0.3) is 0 Å². The normalized spacial score (nSPS) is 17.6. The summed E-state index contributed by atoms with van der Waals surface area (Å²) >= 11 is 0. The standard InChI is InChI=1S/C11H18N4O2/c1-7(9-5-4-6-9)12-11-10(15(16)17)8(2)13-14(11)3/h7,9,12H,4-6H2,1-3H3. The number of anilines is 1. The van der Waals surface area contributed by atoms with E-state index in [9.17, 15) is 10.1 Å². The van der Waals surface area contributed by atoms with Crippen molar-refractivity contribution in [3.63, 3.8) is 0 Å². The Morgan fingerprint density at radius 1 is 1.59 bits per heavy atom. The van der Waals surface area contributed by atoms with Gasteiger partial charge in [-0.2, -0.15) is 5.10 Å². The zero-order chi connectivity index (χ0) is 12.6. The Labute approximate surface area is 100 Å². The van der Waals surface area contributed by atoms with Gasteiger partial charge in [0.25, 0.3) is 0 Å². The van der Waals surface area contributed by atoms with E-state index in [1.165, 1.54) is 19.3 Å². The molecule has 0 amide bonds. The molecule has 1 aromatic heterocycles. The summed E-state index contributed by atoms with van der Waals surface area (Å²) in [5, 5.41) is 18.3. The van der Waals surface area contributed by atoms with Gasteiger partial charge < -0.3 is 5.32 Å². The highest BCUT2D eigenvalue weighted by Crippen LogP contribution is 2.34. The molecule has 94 valence electrons. The number of nitrogens with one attached hydrogen (secondary N) is 1. The molecule has 0 radical (unpaired) electrons. The maximum Gasteiger partial charge on any atom is 0.333 e. The molecular weight excluding hydrogens is 220 g/mol. The quantitative estimate of drug-likeness (QED) is 0.645. The number of hydrogen-bond donors (Lipinski definition) is 1. The molecule has 1 saturated carbocycles. The van der Waals surface area contributed by atoms with E-state index in [1.54, 1.807) is 18.7 Å². The van der Waals surface area contributed by atoms with Crippen molar-refractivity contribution in [3.05, 3.63) is 15.8 Å². The van der Waals surface area contributed by atoms with Crippen LogP contribution in [0.5, 0.6) is 0 Å². The monoisotopic (exact) mass is 238 g/mol. The average molecular weight is 238 g/mol. The summed E-state index contributed by atoms with van der Waals surface area (Å²) in [6.07, 6.45) is 3.68. The molecule has 1 unspecified atom stereocenters. The fourth-order valence-corrected chi connectivity index (χ4v) is 2.30. The van der Waals surface area contributed by atoms with E-state index in [0.717, 1.165) is 0 Å². The lowest BCUT2D eigenvalue weighted by atomic mass is 9.80. The summed E-state index contributed by atoms with van der Waals surface area (Å²) in [5.41, 5.74) is 0.555. The molecule has 0 aromatic carbocycles. The van der Waals surface area contributed by atoms with E-state index in [1.807, 2.05) is 0 Å². The number of hydrogen-bond acceptors (Lipinski definition) is 4. The fraction of sp³-hybridized carbons (Fsp3) is 0.727. The topological polar surface area (TPSA) is 73.0 Å². The van der Waals surface area contributed by atoms with Crippen molar-refractivity contribution in [1.82, 2.24) is 9.78 Å². The third-order valence-electron chi connectivity index (χ3n) is 3.59. The minimum atomic E-state index is -0.363. The van der Waals surface area contributed by atoms with Crippen molar-refractivity contribution in [1.29, 1.82) is 0 Å². The van der Waals surface area contributed by atoms with Crippen molar-refractivity contribution in [2.45, 2.75) is 39.2 Å². The van der Waals surface area contributed by atoms with Crippen LogP contribution in [0, 0.1) is 23.0 Å². The van der Waals surface area contributed by atoms with Crippen molar-refractivity contribution in [2.24, 2.45) is 13.0 Å². The molecule has 1 aromatic rings. The number of aryl methyl sites for hydroxylation is 2. The molecule has 0 aliphatic heterocycles. The van der Waals surface area contributed by atoms with Crippen LogP contribution < -0.4 is 5.32 Å². The molecule has 17 heavy (non-hydrogen) atoms. The van der Waals surface area contributed by atoms with Crippen LogP contribution >= 0.6 is 0 Å². The Bertz CT molecular complexity index is 437. The van der Waals surface area contributed by atoms with Gasteiger partial charge in [0.2, 0.25) is 5.82 Å². The summed E-state index contributed by atoms with van der Waals surface area (Å²) in [4.78, 5) is 10.6. The summed E-state index contributed by atoms with van der Waals surface area (Å²) < 4.78 is 1.56. The van der Waals surface area contributed by atoms with Gasteiger partial charge in [-0.25, -0.2) is 4.68 Å². The van der Waals surface area contributed by atoms with Crippen molar-refractivity contribution < 1.29 is 4.92 Å². The average Bonchev–Trinajstić information content (AvgIpc) is 2.38. The van der Waals surface area contributed by atoms with E-state index in [0.29, 0.717) is 17.4 Å². The Morgan fingerprint density at radius 3 is 2.71 bits per heavy atom. The predicted octanol–water partition coefficient (Wildman–Crippen LogP) is 2.24. The lowest BCUT2D eigenvalue weighted by Crippen LogP contribution is -2.31. The van der Waals surface area contributed by atoms with Gasteiger partial charge in [0.1, 0.15) is 5.69 Å². The number of nitro groups is 1. The molecule has 0 saturated heterocycles. The highest BCUT2D eigenvalue weighted by atomic mass is 16.6. The minimum Gasteiger partial charge on any atom is -0.362 e. The summed E-state index contributed by atoms with van der Waals surface area (Å²) in [5.74, 6) is 1.15. The van der Waals surface area contributed by atoms with Gasteiger partial charge in [-0.05, 0) is 32.6 Å². The first-order valence-corrected chi connectivity index (χ1v) is 5.95. The Hall–Kier alpha value is -1.59. The Kier molecular flexibility index (Phi) is 3.04. The highest BCUT2D eigenvalue weighted by molar-refractivity contribution is 5.59. The maximum atomic E-state index is 11.0. The molecule has 0 bridgehead atoms. The zero-order valence-corrected chi connectivity index (χ0v) is 10.4. The third-order valence-corrected chi connectivity index (χ3v) is 3.59. The van der Waals surface area contributed by atoms with Crippen LogP contribution in [0.15, 0.2) is 0 Å². The van der Waals surface area contributed by atoms with E-state index in [2.05, 4.69) is 17.3 Å². The largest absolute Gasteiger partial charge is 0.362 e. The fourth-order valence-electron chi connectivity index (χ4n) is 2.30. The van der Waals surface area contributed by atoms with Gasteiger partial charge in [-0.15, -0.1) is 0 Å². The maximum absolute atomic E-state index is 11.0. The van der Waals surface area contributed by atoms with Crippen molar-refractivity contribution in [2.75, 3.05) is 5.32 Å². The molecule has 1 N–H and O–H groups in total. The Balaban J connectivity index is 2.21.